The standard InChI is InChI=1S/C7H17N.2C7H16.2C6H15N.2C6H14.2C5H13N.C5H12/c1-6(2)7(3)8(4)5;1-5-7(3,4)6-2;1-5-7(4)6(2)3;1-6(2,3)7(4)5;1-5-6(2)7(3)4;1-4-5-6(2)3;1-4-6(3)5-2;1-5(2,3)6-4;1-4-5-6(2)3;1-3-5-4-2/h6-7H,1-5H3;5-6H2,1-4H3;6-7H,5H2,1-4H3;1-5H3;6H,5H2,1-4H3;2*6H,4-5H2,1-3H3;6H,1-4H3;4-5H2,1-3H3;3-5H2,1-2H3. The summed E-state index contributed by atoms with van der Waals surface area (Å²) < 4.78 is 0. The van der Waals surface area contributed by atoms with Crippen LogP contribution < -0.4 is 5.32 Å². The fourth-order valence-electron chi connectivity index (χ4n) is 3.35. The molecule has 0 heterocycles. The van der Waals surface area contributed by atoms with Crippen LogP contribution in [-0.4, -0.2) is 113 Å². The van der Waals surface area contributed by atoms with Gasteiger partial charge >= 0.3 is 0 Å². The first-order chi connectivity index (χ1) is 29.3. The highest BCUT2D eigenvalue weighted by Gasteiger charge is 2.11. The van der Waals surface area contributed by atoms with Crippen molar-refractivity contribution in [2.75, 3.05) is 70.0 Å². The number of nitrogens with one attached hydrogen (secondary N) is 1. The molecular weight excluding hydrogens is 791 g/mol. The predicted octanol–water partition coefficient (Wildman–Crippen LogP) is 18.9. The van der Waals surface area contributed by atoms with Crippen LogP contribution in [0.1, 0.15) is 271 Å². The van der Waals surface area contributed by atoms with Gasteiger partial charge < -0.3 is 24.9 Å². The van der Waals surface area contributed by atoms with E-state index in [0.29, 0.717) is 22.5 Å². The monoisotopic (exact) mass is 936 g/mol. The first-order valence-electron chi connectivity index (χ1n) is 27.6. The van der Waals surface area contributed by atoms with Gasteiger partial charge in [-0.25, -0.2) is 0 Å². The SMILES string of the molecule is CC(C)C(C)N(C)C.CCC(C)(C)CC.CCC(C)C(C)C.CCC(C)CC.CCC(C)N(C)C.CCCC(C)C.CCCCC.CCCN(C)C.CN(C)C(C)(C)C.CNC(C)(C)C. The molecule has 0 saturated heterocycles. The van der Waals surface area contributed by atoms with E-state index >= 15 is 0 Å². The lowest BCUT2D eigenvalue weighted by Gasteiger charge is -2.27. The molecule has 410 valence electrons. The summed E-state index contributed by atoms with van der Waals surface area (Å²) in [7, 11) is 18.7. The second kappa shape index (κ2) is 59.9. The summed E-state index contributed by atoms with van der Waals surface area (Å²) in [6.07, 6.45) is 15.8. The summed E-state index contributed by atoms with van der Waals surface area (Å²) in [6.45, 7) is 63.5. The lowest BCUT2D eigenvalue weighted by molar-refractivity contribution is 0.219. The molecule has 65 heavy (non-hydrogen) atoms. The van der Waals surface area contributed by atoms with Gasteiger partial charge in [-0.05, 0) is 173 Å². The van der Waals surface area contributed by atoms with Crippen molar-refractivity contribution in [3.63, 3.8) is 0 Å². The molecule has 0 spiro atoms. The highest BCUT2D eigenvalue weighted by Crippen LogP contribution is 2.22. The maximum Gasteiger partial charge on any atom is 0.0118 e. The minimum atomic E-state index is 0.292. The van der Waals surface area contributed by atoms with E-state index in [1.54, 1.807) is 0 Å². The molecule has 3 unspecified atom stereocenters. The molecule has 5 nitrogen and oxygen atoms in total. The molecule has 0 bridgehead atoms. The molecule has 3 atom stereocenters. The first-order valence-corrected chi connectivity index (χ1v) is 27.6. The molecule has 0 aromatic heterocycles. The average Bonchev–Trinajstić information content (AvgIpc) is 3.21. The molecule has 0 fully saturated rings. The van der Waals surface area contributed by atoms with E-state index < -0.39 is 0 Å². The Labute approximate surface area is 422 Å². The zero-order chi connectivity index (χ0) is 54.8. The van der Waals surface area contributed by atoms with Crippen LogP contribution in [0.3, 0.4) is 0 Å². The fraction of sp³-hybridized carbons (Fsp3) is 1.00. The minimum absolute atomic E-state index is 0.292. The van der Waals surface area contributed by atoms with Gasteiger partial charge in [0.1, 0.15) is 0 Å². The number of rotatable bonds is 16. The van der Waals surface area contributed by atoms with Gasteiger partial charge in [0.05, 0.1) is 0 Å². The van der Waals surface area contributed by atoms with Crippen LogP contribution in [0.2, 0.25) is 0 Å². The molecule has 0 rings (SSSR count). The predicted molar refractivity (Wildman–Crippen MR) is 316 cm³/mol. The highest BCUT2D eigenvalue weighted by molar-refractivity contribution is 4.68. The first kappa shape index (κ1) is 87.8. The van der Waals surface area contributed by atoms with Crippen molar-refractivity contribution in [1.82, 2.24) is 24.9 Å². The van der Waals surface area contributed by atoms with Crippen molar-refractivity contribution in [2.45, 2.75) is 294 Å². The molecule has 0 aliphatic rings. The van der Waals surface area contributed by atoms with Gasteiger partial charge in [-0.1, -0.05) is 203 Å². The van der Waals surface area contributed by atoms with Gasteiger partial charge in [-0.3, -0.25) is 0 Å². The van der Waals surface area contributed by atoms with Crippen LogP contribution >= 0.6 is 0 Å². The zero-order valence-electron chi connectivity index (χ0n) is 54.0. The Morgan fingerprint density at radius 2 is 0.815 bits per heavy atom. The largest absolute Gasteiger partial charge is 0.315 e. The number of hydrogen-bond acceptors (Lipinski definition) is 5. The normalized spacial score (nSPS) is 12.3. The summed E-state index contributed by atoms with van der Waals surface area (Å²) in [6, 6.07) is 1.44. The lowest BCUT2D eigenvalue weighted by Crippen LogP contribution is -2.34. The maximum atomic E-state index is 3.10. The Morgan fingerprint density at radius 1 is 0.462 bits per heavy atom. The summed E-state index contributed by atoms with van der Waals surface area (Å²) in [5.41, 5.74) is 1.21. The zero-order valence-corrected chi connectivity index (χ0v) is 54.0. The van der Waals surface area contributed by atoms with E-state index in [-0.39, 0.29) is 0 Å². The minimum Gasteiger partial charge on any atom is -0.315 e. The maximum absolute atomic E-state index is 3.10. The molecule has 0 saturated carbocycles. The molecule has 0 aliphatic carbocycles. The van der Waals surface area contributed by atoms with E-state index in [0.717, 1.165) is 35.6 Å². The van der Waals surface area contributed by atoms with Gasteiger partial charge in [0.25, 0.3) is 0 Å². The van der Waals surface area contributed by atoms with Crippen molar-refractivity contribution >= 4 is 0 Å². The Balaban J connectivity index is -0.0000000648. The summed E-state index contributed by atoms with van der Waals surface area (Å²) in [5.74, 6) is 4.37. The second-order valence-corrected chi connectivity index (χ2v) is 23.5. The van der Waals surface area contributed by atoms with Gasteiger partial charge in [0.2, 0.25) is 0 Å². The summed E-state index contributed by atoms with van der Waals surface area (Å²) in [5, 5.41) is 3.10. The molecule has 5 heteroatoms. The third-order valence-electron chi connectivity index (χ3n) is 12.7. The van der Waals surface area contributed by atoms with Crippen molar-refractivity contribution in [1.29, 1.82) is 0 Å². The Morgan fingerprint density at radius 3 is 0.815 bits per heavy atom. The van der Waals surface area contributed by atoms with Gasteiger partial charge in [-0.15, -0.1) is 0 Å². The van der Waals surface area contributed by atoms with Gasteiger partial charge in [0.15, 0.2) is 0 Å². The van der Waals surface area contributed by atoms with E-state index in [1.165, 1.54) is 83.6 Å². The quantitative estimate of drug-likeness (QED) is 0.166. The third kappa shape index (κ3) is 111. The smallest absolute Gasteiger partial charge is 0.0118 e. The van der Waals surface area contributed by atoms with Gasteiger partial charge in [0, 0.05) is 23.2 Å². The van der Waals surface area contributed by atoms with Crippen LogP contribution in [-0.2, 0) is 0 Å². The average molecular weight is 937 g/mol. The molecule has 0 amide bonds. The van der Waals surface area contributed by atoms with Crippen LogP contribution in [0.15, 0.2) is 0 Å². The lowest BCUT2D eigenvalue weighted by atomic mass is 9.88. The topological polar surface area (TPSA) is 25.0 Å². The Bertz CT molecular complexity index is 724. The molecule has 0 aromatic carbocycles. The number of unbranched alkanes of at least 4 members (excludes halogenated alkanes) is 2. The molecule has 0 radical (unpaired) electrons. The van der Waals surface area contributed by atoms with Crippen LogP contribution in [0.5, 0.6) is 0 Å². The number of hydrogen-bond donors (Lipinski definition) is 1. The van der Waals surface area contributed by atoms with Crippen molar-refractivity contribution < 1.29 is 0 Å². The Kier molecular flexibility index (Phi) is 81.0. The van der Waals surface area contributed by atoms with Crippen LogP contribution in [0.4, 0.5) is 0 Å². The van der Waals surface area contributed by atoms with Crippen LogP contribution in [0, 0.1) is 35.0 Å². The third-order valence-corrected chi connectivity index (χ3v) is 12.7. The number of nitrogens with zero attached hydrogens (tertiary/aromatic N) is 4. The van der Waals surface area contributed by atoms with E-state index in [9.17, 15) is 0 Å². The van der Waals surface area contributed by atoms with Crippen molar-refractivity contribution in [3.05, 3.63) is 0 Å². The van der Waals surface area contributed by atoms with Gasteiger partial charge in [-0.2, -0.15) is 0 Å². The molecule has 0 aromatic rings. The van der Waals surface area contributed by atoms with Crippen LogP contribution in [0.25, 0.3) is 0 Å². The Hall–Kier alpha value is -0.200. The molecule has 0 aliphatic heterocycles. The van der Waals surface area contributed by atoms with E-state index in [2.05, 4.69) is 275 Å². The second-order valence-electron chi connectivity index (χ2n) is 23.5. The fourth-order valence-corrected chi connectivity index (χ4v) is 3.35. The molecule has 1 N–H and O–H groups in total. The summed E-state index contributed by atoms with van der Waals surface area (Å²) >= 11 is 0. The highest BCUT2D eigenvalue weighted by atomic mass is 15.1. The van der Waals surface area contributed by atoms with Crippen molar-refractivity contribution in [2.24, 2.45) is 35.0 Å². The van der Waals surface area contributed by atoms with E-state index in [4.69, 9.17) is 0 Å². The summed E-state index contributed by atoms with van der Waals surface area (Å²) in [4.78, 5) is 8.83. The molecular formula is C60H145N5. The van der Waals surface area contributed by atoms with E-state index in [1.807, 2.05) is 7.05 Å². The van der Waals surface area contributed by atoms with Crippen molar-refractivity contribution in [3.8, 4) is 0 Å².